The summed E-state index contributed by atoms with van der Waals surface area (Å²) in [5.74, 6) is 0.640. The summed E-state index contributed by atoms with van der Waals surface area (Å²) in [5.41, 5.74) is 4.49. The molecule has 0 spiro atoms. The Labute approximate surface area is 163 Å². The molecule has 2 heterocycles. The highest BCUT2D eigenvalue weighted by Gasteiger charge is 2.34. The van der Waals surface area contributed by atoms with E-state index in [1.54, 1.807) is 11.8 Å². The largest absolute Gasteiger partial charge is 0.320 e. The van der Waals surface area contributed by atoms with Crippen molar-refractivity contribution in [3.05, 3.63) is 83.2 Å². The minimum absolute atomic E-state index is 0.0751. The van der Waals surface area contributed by atoms with Crippen LogP contribution in [0.15, 0.2) is 60.8 Å². The molecule has 6 heteroatoms. The lowest BCUT2D eigenvalue weighted by atomic mass is 10.1. The Morgan fingerprint density at radius 3 is 2.44 bits per heavy atom. The number of aromatic nitrogens is 3. The third-order valence-electron chi connectivity index (χ3n) is 4.75. The summed E-state index contributed by atoms with van der Waals surface area (Å²) in [6.07, 6.45) is 3.00. The molecule has 5 nitrogen and oxygen atoms in total. The topological polar surface area (TPSA) is 51.0 Å². The van der Waals surface area contributed by atoms with Gasteiger partial charge in [0.25, 0.3) is 0 Å². The van der Waals surface area contributed by atoms with E-state index < -0.39 is 0 Å². The minimum atomic E-state index is -0.0751. The predicted octanol–water partition coefficient (Wildman–Crippen LogP) is 3.66. The molecule has 0 N–H and O–H groups in total. The number of hydrogen-bond donors (Lipinski definition) is 0. The molecule has 27 heavy (non-hydrogen) atoms. The molecule has 0 bridgehead atoms. The van der Waals surface area contributed by atoms with E-state index in [0.29, 0.717) is 18.8 Å². The molecule has 1 aliphatic rings. The fraction of sp³-hybridized carbons (Fsp3) is 0.286. The summed E-state index contributed by atoms with van der Waals surface area (Å²) < 4.78 is 1.85. The molecule has 1 amide bonds. The molecule has 0 unspecified atom stereocenters. The van der Waals surface area contributed by atoms with Crippen LogP contribution in [0.4, 0.5) is 0 Å². The molecular formula is C21H22N4OS. The zero-order valence-corrected chi connectivity index (χ0v) is 16.1. The van der Waals surface area contributed by atoms with E-state index in [2.05, 4.69) is 41.5 Å². The Bertz CT molecular complexity index is 907. The van der Waals surface area contributed by atoms with E-state index in [-0.39, 0.29) is 11.3 Å². The second-order valence-electron chi connectivity index (χ2n) is 6.68. The van der Waals surface area contributed by atoms with Crippen molar-refractivity contribution in [3.63, 3.8) is 0 Å². The smallest absolute Gasteiger partial charge is 0.234 e. The van der Waals surface area contributed by atoms with Crippen LogP contribution in [0.1, 0.15) is 34.7 Å². The van der Waals surface area contributed by atoms with Gasteiger partial charge in [0.1, 0.15) is 11.1 Å². The Kier molecular flexibility index (Phi) is 5.25. The van der Waals surface area contributed by atoms with Gasteiger partial charge in [0, 0.05) is 6.54 Å². The van der Waals surface area contributed by atoms with Crippen molar-refractivity contribution < 1.29 is 4.79 Å². The van der Waals surface area contributed by atoms with Gasteiger partial charge >= 0.3 is 0 Å². The number of benzene rings is 2. The molecule has 1 saturated heterocycles. The minimum Gasteiger partial charge on any atom is -0.320 e. The molecule has 138 valence electrons. The van der Waals surface area contributed by atoms with Crippen LogP contribution in [0.3, 0.4) is 0 Å². The number of aryl methyl sites for hydroxylation is 1. The zero-order valence-electron chi connectivity index (χ0n) is 15.3. The van der Waals surface area contributed by atoms with E-state index in [9.17, 15) is 4.79 Å². The first-order chi connectivity index (χ1) is 13.2. The number of rotatable bonds is 6. The van der Waals surface area contributed by atoms with Crippen LogP contribution >= 0.6 is 11.8 Å². The average Bonchev–Trinajstić information content (AvgIpc) is 3.30. The van der Waals surface area contributed by atoms with Crippen LogP contribution in [0.25, 0.3) is 0 Å². The van der Waals surface area contributed by atoms with Gasteiger partial charge in [-0.25, -0.2) is 4.68 Å². The highest BCUT2D eigenvalue weighted by atomic mass is 32.2. The van der Waals surface area contributed by atoms with Crippen molar-refractivity contribution in [2.75, 3.05) is 5.75 Å². The van der Waals surface area contributed by atoms with Crippen LogP contribution in [0.5, 0.6) is 0 Å². The number of hydrogen-bond acceptors (Lipinski definition) is 4. The third-order valence-corrected chi connectivity index (χ3v) is 5.97. The third kappa shape index (κ3) is 4.06. The lowest BCUT2D eigenvalue weighted by Crippen LogP contribution is -2.27. The van der Waals surface area contributed by atoms with Gasteiger partial charge in [0.15, 0.2) is 0 Å². The summed E-state index contributed by atoms with van der Waals surface area (Å²) in [5, 5.41) is 8.56. The molecule has 0 saturated carbocycles. The van der Waals surface area contributed by atoms with Crippen molar-refractivity contribution in [2.24, 2.45) is 0 Å². The van der Waals surface area contributed by atoms with Crippen LogP contribution in [0.2, 0.25) is 0 Å². The number of carbonyl (C=O) groups is 1. The Hall–Kier alpha value is -2.60. The predicted molar refractivity (Wildman–Crippen MR) is 107 cm³/mol. The van der Waals surface area contributed by atoms with Crippen LogP contribution in [-0.2, 0) is 24.3 Å². The highest BCUT2D eigenvalue weighted by molar-refractivity contribution is 8.00. The van der Waals surface area contributed by atoms with Crippen molar-refractivity contribution in [2.45, 2.75) is 31.8 Å². The zero-order chi connectivity index (χ0) is 18.6. The van der Waals surface area contributed by atoms with E-state index >= 15 is 0 Å². The Balaban J connectivity index is 1.48. The second-order valence-corrected chi connectivity index (χ2v) is 7.75. The number of carbonyl (C=O) groups excluding carboxylic acids is 1. The van der Waals surface area contributed by atoms with E-state index in [0.717, 1.165) is 17.7 Å². The van der Waals surface area contributed by atoms with Crippen LogP contribution in [-0.4, -0.2) is 31.6 Å². The maximum Gasteiger partial charge on any atom is 0.234 e. The SMILES string of the molecule is CCc1ccc(Cn2cc([C@@H]3SCC(=O)N3Cc3ccccc3)nn2)cc1. The summed E-state index contributed by atoms with van der Waals surface area (Å²) in [6, 6.07) is 18.6. The van der Waals surface area contributed by atoms with E-state index in [4.69, 9.17) is 0 Å². The molecule has 3 aromatic rings. The summed E-state index contributed by atoms with van der Waals surface area (Å²) >= 11 is 1.62. The molecule has 1 atom stereocenters. The molecule has 0 aliphatic carbocycles. The Morgan fingerprint density at radius 1 is 1.00 bits per heavy atom. The van der Waals surface area contributed by atoms with Gasteiger partial charge in [0.2, 0.25) is 5.91 Å². The maximum absolute atomic E-state index is 12.4. The van der Waals surface area contributed by atoms with E-state index in [1.165, 1.54) is 11.1 Å². The van der Waals surface area contributed by atoms with Crippen molar-refractivity contribution in [3.8, 4) is 0 Å². The first-order valence-electron chi connectivity index (χ1n) is 9.16. The molecule has 1 aliphatic heterocycles. The van der Waals surface area contributed by atoms with Gasteiger partial charge in [-0.1, -0.05) is 66.7 Å². The van der Waals surface area contributed by atoms with Gasteiger partial charge in [-0.15, -0.1) is 16.9 Å². The lowest BCUT2D eigenvalue weighted by Gasteiger charge is -2.22. The van der Waals surface area contributed by atoms with Gasteiger partial charge in [-0.2, -0.15) is 0 Å². The van der Waals surface area contributed by atoms with Gasteiger partial charge < -0.3 is 4.90 Å². The van der Waals surface area contributed by atoms with Crippen molar-refractivity contribution in [1.29, 1.82) is 0 Å². The summed E-state index contributed by atoms with van der Waals surface area (Å²) in [4.78, 5) is 14.3. The van der Waals surface area contributed by atoms with Gasteiger partial charge in [-0.05, 0) is 23.1 Å². The number of nitrogens with zero attached hydrogens (tertiary/aromatic N) is 4. The average molecular weight is 379 g/mol. The highest BCUT2D eigenvalue weighted by Crippen LogP contribution is 2.38. The molecule has 1 aromatic heterocycles. The molecule has 1 fully saturated rings. The van der Waals surface area contributed by atoms with Crippen LogP contribution < -0.4 is 0 Å². The van der Waals surface area contributed by atoms with E-state index in [1.807, 2.05) is 46.1 Å². The molecule has 0 radical (unpaired) electrons. The lowest BCUT2D eigenvalue weighted by molar-refractivity contribution is -0.128. The monoisotopic (exact) mass is 378 g/mol. The standard InChI is InChI=1S/C21H22N4OS/c1-2-16-8-10-18(11-9-16)12-24-14-19(22-23-24)21-25(20(26)15-27-21)13-17-6-4-3-5-7-17/h3-11,14,21H,2,12-13,15H2,1H3/t21-/m0/s1. The summed E-state index contributed by atoms with van der Waals surface area (Å²) in [6.45, 7) is 3.43. The fourth-order valence-corrected chi connectivity index (χ4v) is 4.34. The maximum atomic E-state index is 12.4. The van der Waals surface area contributed by atoms with Crippen molar-refractivity contribution >= 4 is 17.7 Å². The molecule has 2 aromatic carbocycles. The molecular weight excluding hydrogens is 356 g/mol. The normalized spacial score (nSPS) is 16.9. The van der Waals surface area contributed by atoms with Crippen LogP contribution in [0, 0.1) is 0 Å². The molecule has 4 rings (SSSR count). The summed E-state index contributed by atoms with van der Waals surface area (Å²) in [7, 11) is 0. The number of thioether (sulfide) groups is 1. The first kappa shape index (κ1) is 17.8. The second kappa shape index (κ2) is 7.96. The van der Waals surface area contributed by atoms with Gasteiger partial charge in [-0.3, -0.25) is 4.79 Å². The van der Waals surface area contributed by atoms with Gasteiger partial charge in [0.05, 0.1) is 18.5 Å². The quantitative estimate of drug-likeness (QED) is 0.657. The van der Waals surface area contributed by atoms with Crippen molar-refractivity contribution in [1.82, 2.24) is 19.9 Å². The first-order valence-corrected chi connectivity index (χ1v) is 10.2. The fourth-order valence-electron chi connectivity index (χ4n) is 3.22. The Morgan fingerprint density at radius 2 is 1.70 bits per heavy atom. The number of amides is 1.